The summed E-state index contributed by atoms with van der Waals surface area (Å²) in [7, 11) is 1.62. The lowest BCUT2D eigenvalue weighted by Gasteiger charge is -2.24. The van der Waals surface area contributed by atoms with Gasteiger partial charge >= 0.3 is 0 Å². The van der Waals surface area contributed by atoms with Crippen molar-refractivity contribution in [1.29, 1.82) is 0 Å². The van der Waals surface area contributed by atoms with Gasteiger partial charge in [-0.05, 0) is 47.4 Å². The van der Waals surface area contributed by atoms with E-state index in [0.29, 0.717) is 13.0 Å². The van der Waals surface area contributed by atoms with Crippen LogP contribution in [-0.4, -0.2) is 54.9 Å². The van der Waals surface area contributed by atoms with Crippen LogP contribution in [0.5, 0.6) is 5.75 Å². The number of nitrogens with one attached hydrogen (secondary N) is 1. The quantitative estimate of drug-likeness (QED) is 0.397. The first-order valence-corrected chi connectivity index (χ1v) is 13.4. The molecule has 1 N–H and O–H groups in total. The molecule has 2 aliphatic rings. The van der Waals surface area contributed by atoms with Gasteiger partial charge in [0.2, 0.25) is 5.91 Å². The molecule has 6 nitrogen and oxygen atoms in total. The zero-order chi connectivity index (χ0) is 27.4. The van der Waals surface area contributed by atoms with Gasteiger partial charge in [0.1, 0.15) is 11.6 Å². The van der Waals surface area contributed by atoms with Gasteiger partial charge in [-0.15, -0.1) is 0 Å². The molecule has 0 aromatic heterocycles. The van der Waals surface area contributed by atoms with Crippen LogP contribution in [0.2, 0.25) is 5.02 Å². The molecule has 2 heterocycles. The molecule has 0 aliphatic carbocycles. The number of likely N-dealkylation sites (tertiary alicyclic amines) is 1. The minimum absolute atomic E-state index is 0.0315. The highest BCUT2D eigenvalue weighted by Gasteiger charge is 2.36. The number of ether oxygens (including phenoxy) is 1. The van der Waals surface area contributed by atoms with Crippen LogP contribution in [0.4, 0.5) is 4.39 Å². The molecule has 0 saturated carbocycles. The molecule has 0 radical (unpaired) electrons. The van der Waals surface area contributed by atoms with Crippen LogP contribution in [0.1, 0.15) is 33.9 Å². The van der Waals surface area contributed by atoms with Crippen LogP contribution >= 0.6 is 11.6 Å². The maximum absolute atomic E-state index is 14.3. The summed E-state index contributed by atoms with van der Waals surface area (Å²) >= 11 is 6.11. The Kier molecular flexibility index (Phi) is 8.29. The minimum atomic E-state index is -0.606. The zero-order valence-electron chi connectivity index (χ0n) is 21.8. The number of methoxy groups -OCH3 is 1. The van der Waals surface area contributed by atoms with Crippen molar-refractivity contribution in [2.24, 2.45) is 5.92 Å². The fourth-order valence-corrected chi connectivity index (χ4v) is 5.59. The molecule has 1 unspecified atom stereocenters. The summed E-state index contributed by atoms with van der Waals surface area (Å²) < 4.78 is 19.5. The number of carbonyl (C=O) groups is 2. The minimum Gasteiger partial charge on any atom is -0.497 e. The molecule has 0 bridgehead atoms. The molecule has 3 aromatic rings. The van der Waals surface area contributed by atoms with E-state index in [1.54, 1.807) is 12.0 Å². The summed E-state index contributed by atoms with van der Waals surface area (Å²) in [5, 5.41) is 3.35. The molecular weight excluding hydrogens is 517 g/mol. The van der Waals surface area contributed by atoms with Crippen molar-refractivity contribution in [2.45, 2.75) is 18.9 Å². The second kappa shape index (κ2) is 12.0. The van der Waals surface area contributed by atoms with E-state index in [-0.39, 0.29) is 28.5 Å². The molecule has 2 atom stereocenters. The fraction of sp³-hybridized carbons (Fsp3) is 0.290. The van der Waals surface area contributed by atoms with E-state index < -0.39 is 11.7 Å². The molecule has 5 rings (SSSR count). The van der Waals surface area contributed by atoms with Crippen molar-refractivity contribution in [3.8, 4) is 5.75 Å². The van der Waals surface area contributed by atoms with Crippen molar-refractivity contribution in [3.63, 3.8) is 0 Å². The standard InChI is InChI=1S/C31H31ClFN3O3/c1-39-25-12-10-21(11-13-25)16-29(37)34-28(22-6-3-2-4-7-22)14-15-35-17-23-19-36(20-24(23)18-35)31(38)30-26(32)8-5-9-27(30)33/h2-13,19,24,28H,14-18,20H2,1H3,(H,34,37)/t24?,28-/m0/s1. The predicted molar refractivity (Wildman–Crippen MR) is 149 cm³/mol. The van der Waals surface area contributed by atoms with E-state index in [9.17, 15) is 14.0 Å². The Labute approximate surface area is 233 Å². The van der Waals surface area contributed by atoms with Crippen molar-refractivity contribution in [3.05, 3.63) is 112 Å². The first kappa shape index (κ1) is 26.9. The summed E-state index contributed by atoms with van der Waals surface area (Å²) in [6.07, 6.45) is 2.90. The van der Waals surface area contributed by atoms with Crippen LogP contribution < -0.4 is 10.1 Å². The Morgan fingerprint density at radius 1 is 1.05 bits per heavy atom. The van der Waals surface area contributed by atoms with Crippen molar-refractivity contribution < 1.29 is 18.7 Å². The molecule has 2 aliphatic heterocycles. The summed E-state index contributed by atoms with van der Waals surface area (Å²) in [6.45, 7) is 2.85. The maximum Gasteiger partial charge on any atom is 0.262 e. The van der Waals surface area contributed by atoms with Gasteiger partial charge in [0.15, 0.2) is 0 Å². The number of halogens is 2. The van der Waals surface area contributed by atoms with Gasteiger partial charge in [-0.2, -0.15) is 0 Å². The van der Waals surface area contributed by atoms with E-state index in [0.717, 1.165) is 48.5 Å². The molecule has 1 saturated heterocycles. The third kappa shape index (κ3) is 6.32. The summed E-state index contributed by atoms with van der Waals surface area (Å²) in [5.41, 5.74) is 3.08. The summed E-state index contributed by atoms with van der Waals surface area (Å²) in [6, 6.07) is 21.7. The van der Waals surface area contributed by atoms with Crippen LogP contribution in [0, 0.1) is 11.7 Å². The largest absolute Gasteiger partial charge is 0.497 e. The van der Waals surface area contributed by atoms with Crippen LogP contribution in [0.25, 0.3) is 0 Å². The lowest BCUT2D eigenvalue weighted by Crippen LogP contribution is -2.34. The Morgan fingerprint density at radius 2 is 1.82 bits per heavy atom. The molecule has 202 valence electrons. The van der Waals surface area contributed by atoms with E-state index in [1.165, 1.54) is 18.2 Å². The molecular formula is C31H31ClFN3O3. The second-order valence-electron chi connectivity index (χ2n) is 10.0. The molecule has 2 amide bonds. The highest BCUT2D eigenvalue weighted by atomic mass is 35.5. The maximum atomic E-state index is 14.3. The zero-order valence-corrected chi connectivity index (χ0v) is 22.5. The molecule has 39 heavy (non-hydrogen) atoms. The molecule has 8 heteroatoms. The van der Waals surface area contributed by atoms with Gasteiger partial charge in [0, 0.05) is 38.3 Å². The second-order valence-corrected chi connectivity index (χ2v) is 10.4. The number of nitrogens with zero attached hydrogens (tertiary/aromatic N) is 2. The normalized spacial score (nSPS) is 17.5. The SMILES string of the molecule is COc1ccc(CC(=O)N[C@@H](CCN2CC3=CN(C(=O)c4c(F)cccc4Cl)CC3C2)c2ccccc2)cc1. The number of rotatable bonds is 9. The van der Waals surface area contributed by atoms with E-state index >= 15 is 0 Å². The van der Waals surface area contributed by atoms with Gasteiger partial charge in [-0.25, -0.2) is 4.39 Å². The van der Waals surface area contributed by atoms with Crippen molar-refractivity contribution >= 4 is 23.4 Å². The highest BCUT2D eigenvalue weighted by Crippen LogP contribution is 2.32. The Morgan fingerprint density at radius 3 is 2.51 bits per heavy atom. The summed E-state index contributed by atoms with van der Waals surface area (Å²) in [5.74, 6) is -0.0773. The smallest absolute Gasteiger partial charge is 0.262 e. The monoisotopic (exact) mass is 547 g/mol. The average molecular weight is 548 g/mol. The number of benzene rings is 3. The Balaban J connectivity index is 1.19. The third-order valence-corrected chi connectivity index (χ3v) is 7.70. The summed E-state index contributed by atoms with van der Waals surface area (Å²) in [4.78, 5) is 29.8. The van der Waals surface area contributed by atoms with Gasteiger partial charge in [0.25, 0.3) is 5.91 Å². The molecule has 1 fully saturated rings. The number of fused-ring (bicyclic) bond motifs is 1. The highest BCUT2D eigenvalue weighted by molar-refractivity contribution is 6.33. The number of carbonyl (C=O) groups excluding carboxylic acids is 2. The fourth-order valence-electron chi connectivity index (χ4n) is 5.34. The topological polar surface area (TPSA) is 61.9 Å². The Hall–Kier alpha value is -3.68. The Bertz CT molecular complexity index is 1340. The van der Waals surface area contributed by atoms with Crippen molar-refractivity contribution in [1.82, 2.24) is 15.1 Å². The van der Waals surface area contributed by atoms with E-state index in [4.69, 9.17) is 16.3 Å². The average Bonchev–Trinajstić information content (AvgIpc) is 3.51. The first-order valence-electron chi connectivity index (χ1n) is 13.1. The lowest BCUT2D eigenvalue weighted by molar-refractivity contribution is -0.121. The number of hydrogen-bond donors (Lipinski definition) is 1. The van der Waals surface area contributed by atoms with Gasteiger partial charge in [-0.3, -0.25) is 14.5 Å². The van der Waals surface area contributed by atoms with Gasteiger partial charge in [0.05, 0.1) is 30.2 Å². The van der Waals surface area contributed by atoms with E-state index in [1.807, 2.05) is 60.8 Å². The van der Waals surface area contributed by atoms with E-state index in [2.05, 4.69) is 10.2 Å². The van der Waals surface area contributed by atoms with Crippen LogP contribution in [-0.2, 0) is 11.2 Å². The van der Waals surface area contributed by atoms with Crippen LogP contribution in [0.15, 0.2) is 84.6 Å². The third-order valence-electron chi connectivity index (χ3n) is 7.38. The first-order chi connectivity index (χ1) is 18.9. The number of hydrogen-bond acceptors (Lipinski definition) is 4. The molecule has 0 spiro atoms. The number of amides is 2. The molecule has 3 aromatic carbocycles. The van der Waals surface area contributed by atoms with Gasteiger partial charge < -0.3 is 15.0 Å². The van der Waals surface area contributed by atoms with Crippen molar-refractivity contribution in [2.75, 3.05) is 33.3 Å². The lowest BCUT2D eigenvalue weighted by atomic mass is 10.0. The van der Waals surface area contributed by atoms with Crippen LogP contribution in [0.3, 0.4) is 0 Å². The van der Waals surface area contributed by atoms with Gasteiger partial charge in [-0.1, -0.05) is 60.1 Å². The predicted octanol–water partition coefficient (Wildman–Crippen LogP) is 5.25.